The van der Waals surface area contributed by atoms with Gasteiger partial charge in [-0.05, 0) is 5.21 Å². The number of rotatable bonds is 1. The molecule has 0 saturated carbocycles. The molecule has 0 bridgehead atoms. The Morgan fingerprint density at radius 1 is 1.30 bits per heavy atom. The molecule has 10 heavy (non-hydrogen) atoms. The summed E-state index contributed by atoms with van der Waals surface area (Å²) in [5.74, 6) is 0.912. The smallest absolute Gasteiger partial charge is 0.249 e. The Hall–Kier alpha value is -1.03. The standard InChI is InChI=1S/C6H11N4/c1-10(2,3)6-4-5-7-9-8-6/h4-5H,1-3H3/q+1. The fraction of sp³-hybridized carbons (Fsp3) is 0.500. The molecule has 0 unspecified atom stereocenters. The van der Waals surface area contributed by atoms with Gasteiger partial charge >= 0.3 is 0 Å². The van der Waals surface area contributed by atoms with Crippen LogP contribution in [0, 0.1) is 0 Å². The Balaban J connectivity index is 2.97. The summed E-state index contributed by atoms with van der Waals surface area (Å²) in [6.45, 7) is 0. The molecule has 1 aromatic rings. The van der Waals surface area contributed by atoms with Crippen LogP contribution in [0.25, 0.3) is 0 Å². The molecule has 0 radical (unpaired) electrons. The van der Waals surface area contributed by atoms with E-state index in [-0.39, 0.29) is 0 Å². The predicted molar refractivity (Wildman–Crippen MR) is 39.4 cm³/mol. The zero-order valence-electron chi connectivity index (χ0n) is 6.44. The van der Waals surface area contributed by atoms with Gasteiger partial charge < -0.3 is 0 Å². The zero-order valence-corrected chi connectivity index (χ0v) is 6.44. The molecular formula is C6H11N4+. The minimum absolute atomic E-state index is 0.676. The molecule has 0 N–H and O–H groups in total. The van der Waals surface area contributed by atoms with Crippen molar-refractivity contribution in [3.8, 4) is 0 Å². The summed E-state index contributed by atoms with van der Waals surface area (Å²) in [5.41, 5.74) is 0. The summed E-state index contributed by atoms with van der Waals surface area (Å²) >= 11 is 0. The number of quaternary nitrogens is 1. The highest BCUT2D eigenvalue weighted by Gasteiger charge is 2.12. The van der Waals surface area contributed by atoms with Crippen molar-refractivity contribution < 1.29 is 0 Å². The minimum atomic E-state index is 0.676. The molecule has 0 aromatic carbocycles. The van der Waals surface area contributed by atoms with Crippen LogP contribution in [-0.2, 0) is 0 Å². The topological polar surface area (TPSA) is 38.7 Å². The largest absolute Gasteiger partial charge is 0.280 e. The van der Waals surface area contributed by atoms with Gasteiger partial charge in [0, 0.05) is 6.07 Å². The van der Waals surface area contributed by atoms with Crippen LogP contribution in [0.4, 0.5) is 5.82 Å². The second kappa shape index (κ2) is 2.30. The summed E-state index contributed by atoms with van der Waals surface area (Å²) < 4.78 is 0.676. The zero-order chi connectivity index (χ0) is 7.61. The molecule has 4 heteroatoms. The summed E-state index contributed by atoms with van der Waals surface area (Å²) in [5, 5.41) is 11.0. The molecule has 4 nitrogen and oxygen atoms in total. The molecular weight excluding hydrogens is 128 g/mol. The summed E-state index contributed by atoms with van der Waals surface area (Å²) in [6.07, 6.45) is 1.64. The van der Waals surface area contributed by atoms with Gasteiger partial charge in [-0.25, -0.2) is 0 Å². The predicted octanol–water partition coefficient (Wildman–Crippen LogP) is 0.0683. The lowest BCUT2D eigenvalue weighted by Gasteiger charge is -2.19. The lowest BCUT2D eigenvalue weighted by molar-refractivity contribution is 0.464. The van der Waals surface area contributed by atoms with Gasteiger partial charge in [-0.1, -0.05) is 5.10 Å². The van der Waals surface area contributed by atoms with Crippen molar-refractivity contribution in [3.63, 3.8) is 0 Å². The van der Waals surface area contributed by atoms with Crippen LogP contribution >= 0.6 is 0 Å². The molecule has 1 heterocycles. The SMILES string of the molecule is C[N+](C)(C)c1ccnnn1. The van der Waals surface area contributed by atoms with Gasteiger partial charge in [0.05, 0.1) is 27.3 Å². The van der Waals surface area contributed by atoms with Crippen LogP contribution in [0.15, 0.2) is 12.3 Å². The highest BCUT2D eigenvalue weighted by Crippen LogP contribution is 2.07. The number of nitrogens with zero attached hydrogens (tertiary/aromatic N) is 4. The van der Waals surface area contributed by atoms with Gasteiger partial charge in [0.1, 0.15) is 0 Å². The van der Waals surface area contributed by atoms with Gasteiger partial charge in [0.25, 0.3) is 0 Å². The van der Waals surface area contributed by atoms with E-state index in [1.165, 1.54) is 0 Å². The highest BCUT2D eigenvalue weighted by molar-refractivity contribution is 5.27. The maximum atomic E-state index is 3.86. The van der Waals surface area contributed by atoms with E-state index in [2.05, 4.69) is 15.4 Å². The lowest BCUT2D eigenvalue weighted by atomic mass is 10.5. The number of hydrogen-bond acceptors (Lipinski definition) is 3. The van der Waals surface area contributed by atoms with Crippen LogP contribution in [0.5, 0.6) is 0 Å². The van der Waals surface area contributed by atoms with Gasteiger partial charge in [-0.3, -0.25) is 4.48 Å². The van der Waals surface area contributed by atoms with Crippen molar-refractivity contribution in [1.29, 1.82) is 0 Å². The molecule has 54 valence electrons. The first-order chi connectivity index (χ1) is 4.61. The van der Waals surface area contributed by atoms with E-state index < -0.39 is 0 Å². The first-order valence-corrected chi connectivity index (χ1v) is 3.07. The Morgan fingerprint density at radius 2 is 2.00 bits per heavy atom. The molecule has 0 atom stereocenters. The first-order valence-electron chi connectivity index (χ1n) is 3.07. The Bertz CT molecular complexity index is 201. The molecule has 0 aliphatic carbocycles. The quantitative estimate of drug-likeness (QED) is 0.517. The molecule has 0 aliphatic rings. The van der Waals surface area contributed by atoms with Crippen LogP contribution in [0.3, 0.4) is 0 Å². The lowest BCUT2D eigenvalue weighted by Crippen LogP contribution is -2.35. The van der Waals surface area contributed by atoms with E-state index in [0.717, 1.165) is 5.82 Å². The van der Waals surface area contributed by atoms with Gasteiger partial charge in [-0.2, -0.15) is 0 Å². The maximum absolute atomic E-state index is 3.86. The van der Waals surface area contributed by atoms with Crippen molar-refractivity contribution >= 4 is 5.82 Å². The van der Waals surface area contributed by atoms with Crippen LogP contribution < -0.4 is 4.48 Å². The van der Waals surface area contributed by atoms with E-state index in [1.54, 1.807) is 6.20 Å². The van der Waals surface area contributed by atoms with E-state index in [4.69, 9.17) is 0 Å². The van der Waals surface area contributed by atoms with Crippen LogP contribution in [0.1, 0.15) is 0 Å². The molecule has 1 rings (SSSR count). The van der Waals surface area contributed by atoms with E-state index in [9.17, 15) is 0 Å². The maximum Gasteiger partial charge on any atom is 0.249 e. The van der Waals surface area contributed by atoms with Crippen molar-refractivity contribution in [2.45, 2.75) is 0 Å². The third-order valence-electron chi connectivity index (χ3n) is 1.18. The third-order valence-corrected chi connectivity index (χ3v) is 1.18. The van der Waals surface area contributed by atoms with Gasteiger partial charge in [0.2, 0.25) is 5.82 Å². The molecule has 0 amide bonds. The number of hydrogen-bond donors (Lipinski definition) is 0. The first kappa shape index (κ1) is 7.08. The van der Waals surface area contributed by atoms with Gasteiger partial charge in [0.15, 0.2) is 0 Å². The van der Waals surface area contributed by atoms with E-state index >= 15 is 0 Å². The van der Waals surface area contributed by atoms with Crippen molar-refractivity contribution in [2.24, 2.45) is 0 Å². The average Bonchev–Trinajstić information content (AvgIpc) is 1.88. The third kappa shape index (κ3) is 1.48. The van der Waals surface area contributed by atoms with E-state index in [0.29, 0.717) is 4.48 Å². The Morgan fingerprint density at radius 3 is 2.30 bits per heavy atom. The Labute approximate surface area is 60.1 Å². The Kier molecular flexibility index (Phi) is 1.63. The fourth-order valence-electron chi connectivity index (χ4n) is 0.593. The van der Waals surface area contributed by atoms with Crippen molar-refractivity contribution in [3.05, 3.63) is 12.3 Å². The second-order valence-corrected chi connectivity index (χ2v) is 2.99. The monoisotopic (exact) mass is 139 g/mol. The molecule has 0 fully saturated rings. The van der Waals surface area contributed by atoms with Crippen molar-refractivity contribution in [1.82, 2.24) is 19.9 Å². The summed E-state index contributed by atoms with van der Waals surface area (Å²) in [7, 11) is 6.10. The fourth-order valence-corrected chi connectivity index (χ4v) is 0.593. The number of aromatic nitrogens is 3. The second-order valence-electron chi connectivity index (χ2n) is 2.99. The van der Waals surface area contributed by atoms with Gasteiger partial charge in [-0.15, -0.1) is 5.10 Å². The molecule has 0 aliphatic heterocycles. The minimum Gasteiger partial charge on any atom is -0.280 e. The summed E-state index contributed by atoms with van der Waals surface area (Å²) in [4.78, 5) is 0. The van der Waals surface area contributed by atoms with E-state index in [1.807, 2.05) is 27.2 Å². The molecule has 0 saturated heterocycles. The average molecular weight is 139 g/mol. The molecule has 1 aromatic heterocycles. The normalized spacial score (nSPS) is 11.5. The summed E-state index contributed by atoms with van der Waals surface area (Å²) in [6, 6.07) is 1.85. The van der Waals surface area contributed by atoms with Crippen molar-refractivity contribution in [2.75, 3.05) is 21.1 Å². The van der Waals surface area contributed by atoms with Crippen LogP contribution in [0.2, 0.25) is 0 Å². The highest BCUT2D eigenvalue weighted by atomic mass is 15.4. The van der Waals surface area contributed by atoms with Crippen LogP contribution in [-0.4, -0.2) is 36.6 Å². The molecule has 0 spiro atoms.